The van der Waals surface area contributed by atoms with Crippen molar-refractivity contribution in [3.05, 3.63) is 36.4 Å². The molecule has 0 spiro atoms. The second-order valence-corrected chi connectivity index (χ2v) is 1.65. The molecular weight excluding hydrogens is 130 g/mol. The van der Waals surface area contributed by atoms with Gasteiger partial charge in [0.1, 0.15) is 0 Å². The highest BCUT2D eigenvalue weighted by Gasteiger charge is 1.72. The van der Waals surface area contributed by atoms with Crippen LogP contribution in [0.5, 0.6) is 0 Å². The maximum absolute atomic E-state index is 3.81. The minimum absolute atomic E-state index is 0.793. The smallest absolute Gasteiger partial charge is 0.0334 e. The van der Waals surface area contributed by atoms with Gasteiger partial charge in [0.25, 0.3) is 0 Å². The van der Waals surface area contributed by atoms with Crippen LogP contribution in [0.25, 0.3) is 0 Å². The van der Waals surface area contributed by atoms with Gasteiger partial charge in [-0.05, 0) is 11.0 Å². The zero-order chi connectivity index (χ0) is 7.11. The van der Waals surface area contributed by atoms with Crippen LogP contribution in [0.2, 0.25) is 0 Å². The molecule has 0 saturated heterocycles. The topological polar surface area (TPSA) is 12.4 Å². The predicted octanol–water partition coefficient (Wildman–Crippen LogP) is 2.20. The second-order valence-electron chi connectivity index (χ2n) is 1.36. The molecule has 0 atom stereocenters. The number of allylic oxidation sites excluding steroid dienone is 2. The minimum Gasteiger partial charge on any atom is -0.264 e. The first-order chi connectivity index (χ1) is 4.31. The van der Waals surface area contributed by atoms with Crippen molar-refractivity contribution in [1.82, 2.24) is 0 Å². The van der Waals surface area contributed by atoms with E-state index in [4.69, 9.17) is 0 Å². The average molecular weight is 139 g/mol. The van der Waals surface area contributed by atoms with Gasteiger partial charge in [0.2, 0.25) is 0 Å². The summed E-state index contributed by atoms with van der Waals surface area (Å²) >= 11 is 3.80. The highest BCUT2D eigenvalue weighted by molar-refractivity contribution is 7.83. The summed E-state index contributed by atoms with van der Waals surface area (Å²) < 4.78 is 0. The molecule has 0 rings (SSSR count). The second kappa shape index (κ2) is 5.38. The Bertz CT molecular complexity index is 156. The fourth-order valence-electron chi connectivity index (χ4n) is 0.230. The van der Waals surface area contributed by atoms with E-state index < -0.39 is 0 Å². The van der Waals surface area contributed by atoms with Crippen molar-refractivity contribution in [1.29, 1.82) is 0 Å². The number of nitrogens with zero attached hydrogens (tertiary/aromatic N) is 1. The molecule has 0 radical (unpaired) electrons. The van der Waals surface area contributed by atoms with Crippen LogP contribution in [0.15, 0.2) is 41.4 Å². The normalized spacial score (nSPS) is 10.8. The molecule has 0 saturated carbocycles. The summed E-state index contributed by atoms with van der Waals surface area (Å²) in [6, 6.07) is 0. The summed E-state index contributed by atoms with van der Waals surface area (Å²) in [5.74, 6) is 0. The molecule has 0 unspecified atom stereocenters. The van der Waals surface area contributed by atoms with Gasteiger partial charge >= 0.3 is 0 Å². The van der Waals surface area contributed by atoms with Gasteiger partial charge in [0.05, 0.1) is 0 Å². The van der Waals surface area contributed by atoms with E-state index in [1.165, 1.54) is 0 Å². The highest BCUT2D eigenvalue weighted by Crippen LogP contribution is 1.85. The number of rotatable bonds is 3. The van der Waals surface area contributed by atoms with E-state index in [0.717, 1.165) is 5.57 Å². The predicted molar refractivity (Wildman–Crippen MR) is 46.0 cm³/mol. The first-order valence-corrected chi connectivity index (χ1v) is 2.96. The van der Waals surface area contributed by atoms with E-state index in [1.807, 2.05) is 0 Å². The Hall–Kier alpha value is -0.760. The van der Waals surface area contributed by atoms with Crippen LogP contribution in [0.4, 0.5) is 0 Å². The molecule has 0 N–H and O–H groups in total. The van der Waals surface area contributed by atoms with Gasteiger partial charge in [-0.2, -0.15) is 0 Å². The number of hydrogen-bond acceptors (Lipinski definition) is 2. The van der Waals surface area contributed by atoms with Gasteiger partial charge in [0.15, 0.2) is 0 Å². The summed E-state index contributed by atoms with van der Waals surface area (Å²) in [7, 11) is 0. The fourth-order valence-corrected chi connectivity index (χ4v) is 0.307. The molecule has 1 nitrogen and oxygen atoms in total. The maximum Gasteiger partial charge on any atom is 0.0334 e. The van der Waals surface area contributed by atoms with Gasteiger partial charge in [-0.1, -0.05) is 19.2 Å². The monoisotopic (exact) mass is 139 g/mol. The van der Waals surface area contributed by atoms with Crippen LogP contribution >= 0.6 is 12.6 Å². The molecule has 0 aromatic heterocycles. The van der Waals surface area contributed by atoms with E-state index in [-0.39, 0.29) is 0 Å². The van der Waals surface area contributed by atoms with E-state index in [1.54, 1.807) is 23.9 Å². The molecular formula is C7H9NS. The van der Waals surface area contributed by atoms with Crippen molar-refractivity contribution in [3.63, 3.8) is 0 Å². The van der Waals surface area contributed by atoms with Crippen molar-refractivity contribution < 1.29 is 0 Å². The quantitative estimate of drug-likeness (QED) is 0.349. The number of thiol groups is 1. The van der Waals surface area contributed by atoms with Crippen molar-refractivity contribution in [2.75, 3.05) is 0 Å². The summed E-state index contributed by atoms with van der Waals surface area (Å²) in [4.78, 5) is 3.81. The zero-order valence-corrected chi connectivity index (χ0v) is 6.01. The lowest BCUT2D eigenvalue weighted by atomic mass is 10.3. The Balaban J connectivity index is 3.70. The third kappa shape index (κ3) is 5.11. The van der Waals surface area contributed by atoms with Crippen LogP contribution in [0.1, 0.15) is 0 Å². The lowest BCUT2D eigenvalue weighted by Crippen LogP contribution is -1.71. The molecule has 0 aliphatic carbocycles. The first-order valence-electron chi connectivity index (χ1n) is 2.45. The Morgan fingerprint density at radius 3 is 2.67 bits per heavy atom. The van der Waals surface area contributed by atoms with Gasteiger partial charge in [-0.3, -0.25) is 4.99 Å². The standard InChI is InChI=1S/C7H9NS/c1-3-7(2)6-8-4-5-9/h3-6,9H,1-2H2/b5-4-,8-6?. The summed E-state index contributed by atoms with van der Waals surface area (Å²) in [6.45, 7) is 7.12. The fraction of sp³-hybridized carbons (Fsp3) is 0. The van der Waals surface area contributed by atoms with Crippen LogP contribution in [-0.2, 0) is 0 Å². The average Bonchev–Trinajstić information content (AvgIpc) is 1.89. The van der Waals surface area contributed by atoms with Crippen molar-refractivity contribution in [2.45, 2.75) is 0 Å². The van der Waals surface area contributed by atoms with Crippen LogP contribution < -0.4 is 0 Å². The van der Waals surface area contributed by atoms with E-state index in [0.29, 0.717) is 0 Å². The SMILES string of the molecule is C=CC(=C)C=N/C=C\S. The maximum atomic E-state index is 3.81. The number of hydrogen-bond donors (Lipinski definition) is 1. The Morgan fingerprint density at radius 1 is 1.56 bits per heavy atom. The van der Waals surface area contributed by atoms with Crippen molar-refractivity contribution in [2.24, 2.45) is 4.99 Å². The first kappa shape index (κ1) is 8.24. The molecule has 0 aliphatic rings. The Kier molecular flexibility index (Phi) is 4.92. The molecule has 48 valence electrons. The third-order valence-electron chi connectivity index (χ3n) is 0.655. The molecule has 0 amide bonds. The van der Waals surface area contributed by atoms with Gasteiger partial charge in [-0.25, -0.2) is 0 Å². The summed E-state index contributed by atoms with van der Waals surface area (Å²) in [5, 5.41) is 1.55. The van der Waals surface area contributed by atoms with Crippen LogP contribution in [0, 0.1) is 0 Å². The lowest BCUT2D eigenvalue weighted by molar-refractivity contribution is 1.61. The Labute approximate surface area is 60.9 Å². The third-order valence-corrected chi connectivity index (χ3v) is 0.789. The molecule has 0 heterocycles. The van der Waals surface area contributed by atoms with Crippen molar-refractivity contribution >= 4 is 18.8 Å². The largest absolute Gasteiger partial charge is 0.264 e. The van der Waals surface area contributed by atoms with Gasteiger partial charge in [0, 0.05) is 12.4 Å². The zero-order valence-electron chi connectivity index (χ0n) is 5.12. The molecule has 0 aromatic carbocycles. The molecule has 9 heavy (non-hydrogen) atoms. The van der Waals surface area contributed by atoms with E-state index in [2.05, 4.69) is 30.8 Å². The molecule has 0 fully saturated rings. The number of aliphatic imine (C=N–C) groups is 1. The van der Waals surface area contributed by atoms with E-state index >= 15 is 0 Å². The summed E-state index contributed by atoms with van der Waals surface area (Å²) in [5.41, 5.74) is 0.793. The Morgan fingerprint density at radius 2 is 2.22 bits per heavy atom. The van der Waals surface area contributed by atoms with Crippen molar-refractivity contribution in [3.8, 4) is 0 Å². The molecule has 0 aliphatic heterocycles. The highest BCUT2D eigenvalue weighted by atomic mass is 32.1. The van der Waals surface area contributed by atoms with E-state index in [9.17, 15) is 0 Å². The lowest BCUT2D eigenvalue weighted by Gasteiger charge is -1.80. The van der Waals surface area contributed by atoms with Gasteiger partial charge in [-0.15, -0.1) is 12.6 Å². The molecule has 2 heteroatoms. The minimum atomic E-state index is 0.793. The van der Waals surface area contributed by atoms with Gasteiger partial charge < -0.3 is 0 Å². The van der Waals surface area contributed by atoms with Crippen LogP contribution in [0.3, 0.4) is 0 Å². The summed E-state index contributed by atoms with van der Waals surface area (Å²) in [6.07, 6.45) is 4.81. The van der Waals surface area contributed by atoms with Crippen LogP contribution in [-0.4, -0.2) is 6.21 Å². The molecule has 0 bridgehead atoms. The molecule has 0 aromatic rings.